The lowest BCUT2D eigenvalue weighted by atomic mass is 10.1. The van der Waals surface area contributed by atoms with E-state index in [4.69, 9.17) is 9.47 Å². The van der Waals surface area contributed by atoms with Crippen LogP contribution in [0.2, 0.25) is 0 Å². The van der Waals surface area contributed by atoms with E-state index in [2.05, 4.69) is 5.18 Å². The predicted molar refractivity (Wildman–Crippen MR) is 125 cm³/mol. The van der Waals surface area contributed by atoms with Crippen molar-refractivity contribution in [1.82, 2.24) is 9.21 Å². The minimum absolute atomic E-state index is 0.00557. The zero-order valence-corrected chi connectivity index (χ0v) is 20.4. The Bertz CT molecular complexity index is 1090. The monoisotopic (exact) mass is 477 g/mol. The predicted octanol–water partition coefficient (Wildman–Crippen LogP) is 3.89. The Hall–Kier alpha value is -2.37. The summed E-state index contributed by atoms with van der Waals surface area (Å²) < 4.78 is 39.8. The molecule has 0 saturated carbocycles. The maximum atomic E-state index is 13.5. The van der Waals surface area contributed by atoms with Crippen molar-refractivity contribution in [2.45, 2.75) is 51.5 Å². The van der Waals surface area contributed by atoms with Crippen molar-refractivity contribution in [3.63, 3.8) is 0 Å². The van der Waals surface area contributed by atoms with Crippen LogP contribution in [0.5, 0.6) is 11.5 Å². The van der Waals surface area contributed by atoms with Gasteiger partial charge in [-0.25, -0.2) is 8.42 Å². The van der Waals surface area contributed by atoms with Crippen molar-refractivity contribution in [3.05, 3.63) is 52.4 Å². The number of rotatable bonds is 7. The Morgan fingerprint density at radius 1 is 1.00 bits per heavy atom. The molecule has 2 aromatic carbocycles. The zero-order valence-electron chi connectivity index (χ0n) is 19.6. The Kier molecular flexibility index (Phi) is 7.55. The number of nitrogens with zero attached hydrogens (tertiary/aromatic N) is 3. The van der Waals surface area contributed by atoms with Crippen LogP contribution in [0.25, 0.3) is 0 Å². The van der Waals surface area contributed by atoms with E-state index in [1.54, 1.807) is 4.90 Å². The molecule has 180 valence electrons. The summed E-state index contributed by atoms with van der Waals surface area (Å²) in [5.41, 5.74) is 1.42. The third-order valence-corrected chi connectivity index (χ3v) is 7.04. The third-order valence-electron chi connectivity index (χ3n) is 5.12. The average molecular weight is 478 g/mol. The van der Waals surface area contributed by atoms with E-state index < -0.39 is 22.0 Å². The van der Waals surface area contributed by atoms with Crippen LogP contribution in [-0.2, 0) is 14.8 Å². The van der Waals surface area contributed by atoms with Crippen LogP contribution in [0, 0.1) is 18.8 Å². The molecule has 0 aliphatic carbocycles. The van der Waals surface area contributed by atoms with E-state index in [0.717, 1.165) is 11.1 Å². The highest BCUT2D eigenvalue weighted by atomic mass is 32.2. The van der Waals surface area contributed by atoms with Crippen molar-refractivity contribution in [3.8, 4) is 11.5 Å². The van der Waals surface area contributed by atoms with Gasteiger partial charge in [-0.15, -0.1) is 4.91 Å². The van der Waals surface area contributed by atoms with Crippen LogP contribution in [-0.4, -0.2) is 60.9 Å². The van der Waals surface area contributed by atoms with Crippen LogP contribution in [0.4, 0.5) is 5.69 Å². The van der Waals surface area contributed by atoms with Crippen molar-refractivity contribution < 1.29 is 23.0 Å². The largest absolute Gasteiger partial charge is 0.456 e. The van der Waals surface area contributed by atoms with Gasteiger partial charge in [-0.3, -0.25) is 4.90 Å². The molecule has 1 saturated heterocycles. The number of ether oxygens (including phenoxy) is 2. The maximum Gasteiger partial charge on any atom is 0.246 e. The van der Waals surface area contributed by atoms with Crippen LogP contribution in [0.1, 0.15) is 31.9 Å². The average Bonchev–Trinajstić information content (AvgIpc) is 2.72. The lowest BCUT2D eigenvalue weighted by molar-refractivity contribution is -0.242. The topological polar surface area (TPSA) is 109 Å². The van der Waals surface area contributed by atoms with Gasteiger partial charge in [0.1, 0.15) is 22.1 Å². The summed E-state index contributed by atoms with van der Waals surface area (Å²) in [5.74, 6) is 0.619. The number of hydrogen-bond acceptors (Lipinski definition) is 8. The molecular formula is C23H31N3O6S. The molecule has 1 fully saturated rings. The normalized spacial score (nSPS) is 17.0. The number of sulfonamides is 1. The highest BCUT2D eigenvalue weighted by molar-refractivity contribution is 7.89. The highest BCUT2D eigenvalue weighted by Gasteiger charge is 2.34. The van der Waals surface area contributed by atoms with E-state index in [0.29, 0.717) is 5.75 Å². The molecule has 9 nitrogen and oxygen atoms in total. The van der Waals surface area contributed by atoms with Crippen molar-refractivity contribution >= 4 is 15.7 Å². The number of hydrogen-bond donors (Lipinski definition) is 1. The highest BCUT2D eigenvalue weighted by Crippen LogP contribution is 2.35. The standard InChI is InChI=1S/C23H31N3O6S/c1-16-12-17(2)14-19(13-16)31-20-7-6-18(24-28)15-21(20)33(29,30)26-10-8-25(9-11-26)22(27)32-23(3,4)5/h6-7,12-15,22,27H,8-11H2,1-5H3. The van der Waals surface area contributed by atoms with Gasteiger partial charge in [0, 0.05) is 26.2 Å². The Labute approximate surface area is 194 Å². The van der Waals surface area contributed by atoms with Crippen molar-refractivity contribution in [2.75, 3.05) is 26.2 Å². The zero-order chi connectivity index (χ0) is 24.4. The van der Waals surface area contributed by atoms with Crippen LogP contribution in [0.3, 0.4) is 0 Å². The summed E-state index contributed by atoms with van der Waals surface area (Å²) in [6.07, 6.45) is -1.12. The Balaban J connectivity index is 1.84. The van der Waals surface area contributed by atoms with Gasteiger partial charge >= 0.3 is 0 Å². The van der Waals surface area contributed by atoms with Crippen LogP contribution < -0.4 is 4.74 Å². The SMILES string of the molecule is Cc1cc(C)cc(Oc2ccc(N=O)cc2S(=O)(=O)N2CCN(C(O)OC(C)(C)C)CC2)c1. The minimum Gasteiger partial charge on any atom is -0.456 e. The number of piperazine rings is 1. The lowest BCUT2D eigenvalue weighted by Gasteiger charge is -2.38. The first kappa shape index (κ1) is 25.3. The minimum atomic E-state index is -3.99. The summed E-state index contributed by atoms with van der Waals surface area (Å²) in [4.78, 5) is 12.7. The van der Waals surface area contributed by atoms with E-state index in [1.165, 1.54) is 22.5 Å². The molecule has 1 heterocycles. The van der Waals surface area contributed by atoms with Crippen molar-refractivity contribution in [1.29, 1.82) is 0 Å². The number of aliphatic hydroxyl groups is 1. The molecular weight excluding hydrogens is 446 g/mol. The van der Waals surface area contributed by atoms with Gasteiger partial charge in [0.05, 0.1) is 5.60 Å². The molecule has 0 bridgehead atoms. The molecule has 1 atom stereocenters. The van der Waals surface area contributed by atoms with Crippen LogP contribution in [0.15, 0.2) is 46.5 Å². The first-order valence-corrected chi connectivity index (χ1v) is 12.2. The molecule has 1 aliphatic rings. The van der Waals surface area contributed by atoms with Gasteiger partial charge < -0.3 is 14.6 Å². The quantitative estimate of drug-likeness (QED) is 0.476. The van der Waals surface area contributed by atoms with Crippen LogP contribution >= 0.6 is 0 Å². The smallest absolute Gasteiger partial charge is 0.246 e. The van der Waals surface area contributed by atoms with Gasteiger partial charge in [-0.2, -0.15) is 4.31 Å². The first-order chi connectivity index (χ1) is 15.4. The molecule has 2 aromatic rings. The van der Waals surface area contributed by atoms with Gasteiger partial charge in [0.2, 0.25) is 16.4 Å². The van der Waals surface area contributed by atoms with E-state index in [1.807, 2.05) is 52.8 Å². The summed E-state index contributed by atoms with van der Waals surface area (Å²) in [5, 5.41) is 13.2. The van der Waals surface area contributed by atoms with E-state index >= 15 is 0 Å². The molecule has 0 spiro atoms. The first-order valence-electron chi connectivity index (χ1n) is 10.7. The Morgan fingerprint density at radius 3 is 2.15 bits per heavy atom. The molecule has 33 heavy (non-hydrogen) atoms. The molecule has 0 amide bonds. The second kappa shape index (κ2) is 9.86. The summed E-state index contributed by atoms with van der Waals surface area (Å²) >= 11 is 0. The molecule has 1 N–H and O–H groups in total. The molecule has 1 unspecified atom stereocenters. The molecule has 3 rings (SSSR count). The summed E-state index contributed by atoms with van der Waals surface area (Å²) in [6, 6.07) is 9.70. The molecule has 10 heteroatoms. The molecule has 0 aromatic heterocycles. The fourth-order valence-corrected chi connectivity index (χ4v) is 5.21. The van der Waals surface area contributed by atoms with Gasteiger partial charge in [0.25, 0.3) is 0 Å². The summed E-state index contributed by atoms with van der Waals surface area (Å²) in [7, 11) is -3.99. The fraction of sp³-hybridized carbons (Fsp3) is 0.478. The number of nitroso groups, excluding NO2 is 1. The number of aliphatic hydroxyl groups excluding tert-OH is 1. The second-order valence-corrected chi connectivity index (χ2v) is 11.1. The molecule has 0 radical (unpaired) electrons. The third kappa shape index (κ3) is 6.36. The lowest BCUT2D eigenvalue weighted by Crippen LogP contribution is -2.53. The second-order valence-electron chi connectivity index (χ2n) is 9.14. The number of benzene rings is 2. The Morgan fingerprint density at radius 2 is 1.61 bits per heavy atom. The van der Waals surface area contributed by atoms with Gasteiger partial charge in [0.15, 0.2) is 0 Å². The summed E-state index contributed by atoms with van der Waals surface area (Å²) in [6.45, 7) is 10.2. The number of aryl methyl sites for hydroxylation is 2. The van der Waals surface area contributed by atoms with Gasteiger partial charge in [-0.1, -0.05) is 6.07 Å². The van der Waals surface area contributed by atoms with Crippen molar-refractivity contribution in [2.24, 2.45) is 5.18 Å². The van der Waals surface area contributed by atoms with E-state index in [-0.39, 0.29) is 42.5 Å². The van der Waals surface area contributed by atoms with Gasteiger partial charge in [-0.05, 0) is 81.3 Å². The maximum absolute atomic E-state index is 13.5. The van der Waals surface area contributed by atoms with E-state index in [9.17, 15) is 18.4 Å². The fourth-order valence-electron chi connectivity index (χ4n) is 3.65. The molecule has 1 aliphatic heterocycles.